The van der Waals surface area contributed by atoms with E-state index >= 15 is 0 Å². The summed E-state index contributed by atoms with van der Waals surface area (Å²) in [5.41, 5.74) is 0. The zero-order valence-corrected chi connectivity index (χ0v) is 9.91. The Morgan fingerprint density at radius 2 is 1.68 bits per heavy atom. The number of aliphatic carboxylic acids is 2. The van der Waals surface area contributed by atoms with E-state index in [2.05, 4.69) is 10.6 Å². The molecule has 0 bridgehead atoms. The Hall–Kier alpha value is -1.35. The standard InChI is InChI=1S/C5H7F2NO2.C5H8FNO2/c6-5(7)1-3(4(9)10)8-2-5;6-3-1-4(5(8)9)7-2-3/h3,8H,1-2H2,(H,9,10);3-4,7H,1-2H2,(H,8,9)/t3-;3?,4-/m00/s1. The minimum Gasteiger partial charge on any atom is -0.480 e. The van der Waals surface area contributed by atoms with Crippen LogP contribution in [0.2, 0.25) is 0 Å². The number of nitrogens with one attached hydrogen (secondary N) is 2. The van der Waals surface area contributed by atoms with Gasteiger partial charge in [-0.1, -0.05) is 0 Å². The van der Waals surface area contributed by atoms with Crippen molar-refractivity contribution in [3.05, 3.63) is 0 Å². The Morgan fingerprint density at radius 3 is 1.89 bits per heavy atom. The van der Waals surface area contributed by atoms with E-state index in [9.17, 15) is 22.8 Å². The van der Waals surface area contributed by atoms with Gasteiger partial charge in [0.25, 0.3) is 5.92 Å². The van der Waals surface area contributed by atoms with Crippen LogP contribution in [0.15, 0.2) is 0 Å². The number of carboxylic acid groups (broad SMARTS) is 2. The maximum absolute atomic E-state index is 12.2. The third kappa shape index (κ3) is 5.03. The van der Waals surface area contributed by atoms with Gasteiger partial charge >= 0.3 is 11.9 Å². The molecule has 6 nitrogen and oxygen atoms in total. The molecule has 9 heteroatoms. The van der Waals surface area contributed by atoms with Gasteiger partial charge in [0.1, 0.15) is 18.3 Å². The van der Waals surface area contributed by atoms with Crippen LogP contribution in [0, 0.1) is 0 Å². The lowest BCUT2D eigenvalue weighted by Crippen LogP contribution is -2.30. The van der Waals surface area contributed by atoms with E-state index in [1.165, 1.54) is 0 Å². The molecule has 0 aromatic rings. The van der Waals surface area contributed by atoms with Crippen molar-refractivity contribution in [1.82, 2.24) is 10.6 Å². The highest BCUT2D eigenvalue weighted by molar-refractivity contribution is 5.74. The fourth-order valence-electron chi connectivity index (χ4n) is 1.77. The summed E-state index contributed by atoms with van der Waals surface area (Å²) in [5, 5.41) is 21.3. The maximum Gasteiger partial charge on any atom is 0.320 e. The summed E-state index contributed by atoms with van der Waals surface area (Å²) < 4.78 is 36.7. The quantitative estimate of drug-likeness (QED) is 0.562. The van der Waals surface area contributed by atoms with Crippen molar-refractivity contribution in [3.63, 3.8) is 0 Å². The first-order valence-corrected chi connectivity index (χ1v) is 5.65. The Bertz CT molecular complexity index is 354. The SMILES string of the molecule is O=C(O)[C@@H]1CC(F)(F)CN1.O=C(O)[C@@H]1CC(F)CN1. The monoisotopic (exact) mass is 284 g/mol. The molecule has 0 radical (unpaired) electrons. The van der Waals surface area contributed by atoms with Gasteiger partial charge in [0, 0.05) is 19.4 Å². The first-order valence-electron chi connectivity index (χ1n) is 5.65. The van der Waals surface area contributed by atoms with Gasteiger partial charge in [0.2, 0.25) is 0 Å². The Kier molecular flexibility index (Phi) is 5.12. The molecule has 2 rings (SSSR count). The third-order valence-electron chi connectivity index (χ3n) is 2.78. The van der Waals surface area contributed by atoms with E-state index < -0.39 is 49.1 Å². The lowest BCUT2D eigenvalue weighted by molar-refractivity contribution is -0.140. The highest BCUT2D eigenvalue weighted by Gasteiger charge is 2.42. The third-order valence-corrected chi connectivity index (χ3v) is 2.78. The number of carboxylic acids is 2. The van der Waals surface area contributed by atoms with Crippen molar-refractivity contribution in [3.8, 4) is 0 Å². The Balaban J connectivity index is 0.000000191. The molecule has 2 heterocycles. The summed E-state index contributed by atoms with van der Waals surface area (Å²) in [6.45, 7) is -0.346. The topological polar surface area (TPSA) is 98.7 Å². The molecular weight excluding hydrogens is 269 g/mol. The molecule has 0 spiro atoms. The molecule has 1 unspecified atom stereocenters. The van der Waals surface area contributed by atoms with Crippen LogP contribution in [0.3, 0.4) is 0 Å². The normalized spacial score (nSPS) is 32.5. The van der Waals surface area contributed by atoms with Gasteiger partial charge in [-0.15, -0.1) is 0 Å². The number of halogens is 3. The molecule has 2 aliphatic heterocycles. The molecule has 0 amide bonds. The summed E-state index contributed by atoms with van der Waals surface area (Å²) >= 11 is 0. The number of hydrogen-bond acceptors (Lipinski definition) is 4. The number of rotatable bonds is 2. The van der Waals surface area contributed by atoms with Crippen LogP contribution >= 0.6 is 0 Å². The molecule has 0 aliphatic carbocycles. The van der Waals surface area contributed by atoms with Crippen LogP contribution in [-0.2, 0) is 9.59 Å². The Labute approximate surface area is 107 Å². The fourth-order valence-corrected chi connectivity index (χ4v) is 1.77. The minimum atomic E-state index is -2.84. The largest absolute Gasteiger partial charge is 0.480 e. The molecule has 0 aromatic heterocycles. The van der Waals surface area contributed by atoms with Crippen molar-refractivity contribution >= 4 is 11.9 Å². The molecular formula is C10H15F3N2O4. The number of hydrogen-bond donors (Lipinski definition) is 4. The highest BCUT2D eigenvalue weighted by atomic mass is 19.3. The van der Waals surface area contributed by atoms with Gasteiger partial charge in [-0.2, -0.15) is 0 Å². The van der Waals surface area contributed by atoms with Crippen LogP contribution < -0.4 is 10.6 Å². The molecule has 0 saturated carbocycles. The summed E-state index contributed by atoms with van der Waals surface area (Å²) in [6, 6.07) is -1.74. The van der Waals surface area contributed by atoms with Crippen LogP contribution in [0.5, 0.6) is 0 Å². The van der Waals surface area contributed by atoms with Crippen LogP contribution in [0.25, 0.3) is 0 Å². The van der Waals surface area contributed by atoms with Crippen LogP contribution in [0.4, 0.5) is 13.2 Å². The van der Waals surface area contributed by atoms with Gasteiger partial charge in [-0.3, -0.25) is 14.9 Å². The van der Waals surface area contributed by atoms with Crippen LogP contribution in [-0.4, -0.2) is 59.4 Å². The maximum atomic E-state index is 12.2. The zero-order chi connectivity index (χ0) is 14.6. The lowest BCUT2D eigenvalue weighted by atomic mass is 10.2. The predicted molar refractivity (Wildman–Crippen MR) is 57.9 cm³/mol. The summed E-state index contributed by atoms with van der Waals surface area (Å²) in [6.07, 6.45) is -1.47. The first kappa shape index (κ1) is 15.7. The summed E-state index contributed by atoms with van der Waals surface area (Å²) in [7, 11) is 0. The second-order valence-electron chi connectivity index (χ2n) is 4.46. The first-order chi connectivity index (χ1) is 8.71. The van der Waals surface area contributed by atoms with Gasteiger partial charge < -0.3 is 15.5 Å². The number of alkyl halides is 3. The van der Waals surface area contributed by atoms with E-state index in [-0.39, 0.29) is 13.0 Å². The van der Waals surface area contributed by atoms with Crippen molar-refractivity contribution in [2.75, 3.05) is 13.1 Å². The minimum absolute atomic E-state index is 0.106. The second-order valence-corrected chi connectivity index (χ2v) is 4.46. The van der Waals surface area contributed by atoms with Crippen molar-refractivity contribution in [1.29, 1.82) is 0 Å². The van der Waals surface area contributed by atoms with Gasteiger partial charge in [0.05, 0.1) is 6.54 Å². The van der Waals surface area contributed by atoms with E-state index in [0.29, 0.717) is 0 Å². The lowest BCUT2D eigenvalue weighted by Gasteiger charge is -2.03. The molecule has 110 valence electrons. The zero-order valence-electron chi connectivity index (χ0n) is 9.91. The van der Waals surface area contributed by atoms with E-state index in [1.807, 2.05) is 0 Å². The molecule has 3 atom stereocenters. The highest BCUT2D eigenvalue weighted by Crippen LogP contribution is 2.24. The van der Waals surface area contributed by atoms with E-state index in [4.69, 9.17) is 10.2 Å². The second kappa shape index (κ2) is 6.20. The van der Waals surface area contributed by atoms with Crippen LogP contribution in [0.1, 0.15) is 12.8 Å². The van der Waals surface area contributed by atoms with Crippen molar-refractivity contribution < 1.29 is 33.0 Å². The Morgan fingerprint density at radius 1 is 1.11 bits per heavy atom. The predicted octanol–water partition coefficient (Wildman–Crippen LogP) is -0.161. The van der Waals surface area contributed by atoms with Crippen molar-refractivity contribution in [2.24, 2.45) is 0 Å². The number of carbonyl (C=O) groups is 2. The summed E-state index contributed by atoms with van der Waals surface area (Å²) in [4.78, 5) is 20.2. The van der Waals surface area contributed by atoms with Crippen molar-refractivity contribution in [2.45, 2.75) is 37.0 Å². The van der Waals surface area contributed by atoms with E-state index in [1.54, 1.807) is 0 Å². The summed E-state index contributed by atoms with van der Waals surface area (Å²) in [5.74, 6) is -5.02. The van der Waals surface area contributed by atoms with Gasteiger partial charge in [0.15, 0.2) is 0 Å². The molecule has 19 heavy (non-hydrogen) atoms. The molecule has 2 saturated heterocycles. The average molecular weight is 284 g/mol. The molecule has 4 N–H and O–H groups in total. The van der Waals surface area contributed by atoms with Gasteiger partial charge in [-0.05, 0) is 0 Å². The average Bonchev–Trinajstić information content (AvgIpc) is 2.85. The molecule has 0 aromatic carbocycles. The smallest absolute Gasteiger partial charge is 0.320 e. The fraction of sp³-hybridized carbons (Fsp3) is 0.800. The molecule has 2 fully saturated rings. The van der Waals surface area contributed by atoms with Gasteiger partial charge in [-0.25, -0.2) is 13.2 Å². The molecule has 2 aliphatic rings. The van der Waals surface area contributed by atoms with E-state index in [0.717, 1.165) is 0 Å².